The van der Waals surface area contributed by atoms with Gasteiger partial charge in [0, 0.05) is 23.6 Å². The Hall–Kier alpha value is -2.07. The van der Waals surface area contributed by atoms with E-state index < -0.39 is 40.2 Å². The number of carbonyl (C=O) groups is 2. The normalized spacial score (nSPS) is 12.2. The van der Waals surface area contributed by atoms with Gasteiger partial charge in [0.1, 0.15) is 18.4 Å². The molecule has 2 amide bonds. The van der Waals surface area contributed by atoms with Crippen LogP contribution in [0.4, 0.5) is 10.1 Å². The summed E-state index contributed by atoms with van der Waals surface area (Å²) in [5, 5.41) is 2.90. The lowest BCUT2D eigenvalue weighted by Gasteiger charge is -2.32. The molecule has 0 bridgehead atoms. The molecule has 0 heterocycles. The number of likely N-dealkylation sites (N-methyl/N-ethyl adjacent to an activating group) is 1. The molecule has 33 heavy (non-hydrogen) atoms. The van der Waals surface area contributed by atoms with Crippen molar-refractivity contribution in [3.8, 4) is 0 Å². The van der Waals surface area contributed by atoms with Gasteiger partial charge in [-0.2, -0.15) is 0 Å². The maximum Gasteiger partial charge on any atom is 0.244 e. The molecule has 0 saturated carbocycles. The Kier molecular flexibility index (Phi) is 9.37. The summed E-state index contributed by atoms with van der Waals surface area (Å²) >= 11 is 18.0. The lowest BCUT2D eigenvalue weighted by molar-refractivity contribution is -0.140. The van der Waals surface area contributed by atoms with Crippen molar-refractivity contribution in [3.63, 3.8) is 0 Å². The number of nitrogens with zero attached hydrogens (tertiary/aromatic N) is 2. The van der Waals surface area contributed by atoms with Crippen molar-refractivity contribution in [2.24, 2.45) is 0 Å². The number of hydrogen-bond donors (Lipinski definition) is 1. The molecule has 2 aromatic carbocycles. The Labute approximate surface area is 207 Å². The SMILES string of the molecule is CC[C@@H](C(=O)NC)N(Cc1ccc(Cl)cc1Cl)C(=O)CN(c1ccc(F)c(Cl)c1)S(C)(=O)=O. The Morgan fingerprint density at radius 1 is 1.09 bits per heavy atom. The largest absolute Gasteiger partial charge is 0.357 e. The highest BCUT2D eigenvalue weighted by atomic mass is 35.5. The van der Waals surface area contributed by atoms with Crippen molar-refractivity contribution in [1.29, 1.82) is 0 Å². The van der Waals surface area contributed by atoms with Gasteiger partial charge in [-0.1, -0.05) is 47.8 Å². The first-order valence-corrected chi connectivity index (χ1v) is 12.7. The summed E-state index contributed by atoms with van der Waals surface area (Å²) in [5.41, 5.74) is 0.530. The van der Waals surface area contributed by atoms with Crippen molar-refractivity contribution in [2.45, 2.75) is 25.9 Å². The molecule has 0 aliphatic carbocycles. The second-order valence-electron chi connectivity index (χ2n) is 7.16. The van der Waals surface area contributed by atoms with Crippen molar-refractivity contribution < 1.29 is 22.4 Å². The lowest BCUT2D eigenvalue weighted by Crippen LogP contribution is -2.51. The second-order valence-corrected chi connectivity index (χ2v) is 10.3. The van der Waals surface area contributed by atoms with E-state index in [4.69, 9.17) is 34.8 Å². The molecule has 0 aliphatic heterocycles. The van der Waals surface area contributed by atoms with E-state index in [1.165, 1.54) is 24.1 Å². The quantitative estimate of drug-likeness (QED) is 0.521. The molecule has 0 radical (unpaired) electrons. The van der Waals surface area contributed by atoms with E-state index in [0.717, 1.165) is 22.7 Å². The fourth-order valence-corrected chi connectivity index (χ4v) is 4.66. The molecular weight excluding hydrogens is 516 g/mol. The standard InChI is InChI=1S/C21H23Cl3FN3O4S/c1-4-19(21(30)26-2)27(11-13-5-6-14(22)9-16(13)23)20(29)12-28(33(3,31)32)15-7-8-18(25)17(24)10-15/h5-10,19H,4,11-12H2,1-3H3,(H,26,30)/t19-/m0/s1. The number of rotatable bonds is 9. The average Bonchev–Trinajstić information content (AvgIpc) is 2.74. The van der Waals surface area contributed by atoms with E-state index in [1.54, 1.807) is 19.1 Å². The lowest BCUT2D eigenvalue weighted by atomic mass is 10.1. The van der Waals surface area contributed by atoms with Gasteiger partial charge in [-0.15, -0.1) is 0 Å². The predicted octanol–water partition coefficient (Wildman–Crippen LogP) is 4.11. The smallest absolute Gasteiger partial charge is 0.244 e. The van der Waals surface area contributed by atoms with Crippen molar-refractivity contribution in [1.82, 2.24) is 10.2 Å². The molecule has 1 N–H and O–H groups in total. The number of carbonyl (C=O) groups excluding carboxylic acids is 2. The minimum atomic E-state index is -3.96. The molecule has 0 saturated heterocycles. The van der Waals surface area contributed by atoms with Crippen LogP contribution in [0.15, 0.2) is 36.4 Å². The van der Waals surface area contributed by atoms with Crippen LogP contribution in [0, 0.1) is 5.82 Å². The number of halogens is 4. The molecule has 2 rings (SSSR count). The number of hydrogen-bond acceptors (Lipinski definition) is 4. The first-order valence-electron chi connectivity index (χ1n) is 9.76. The Bertz CT molecular complexity index is 1150. The van der Waals surface area contributed by atoms with E-state index in [-0.39, 0.29) is 28.7 Å². The number of sulfonamides is 1. The van der Waals surface area contributed by atoms with Crippen LogP contribution in [-0.2, 0) is 26.2 Å². The molecule has 12 heteroatoms. The molecule has 0 fully saturated rings. The van der Waals surface area contributed by atoms with Crippen LogP contribution >= 0.6 is 34.8 Å². The summed E-state index contributed by atoms with van der Waals surface area (Å²) in [4.78, 5) is 27.1. The zero-order valence-corrected chi connectivity index (χ0v) is 21.2. The Morgan fingerprint density at radius 3 is 2.27 bits per heavy atom. The summed E-state index contributed by atoms with van der Waals surface area (Å²) in [5.74, 6) is -1.82. The van der Waals surface area contributed by atoms with Gasteiger partial charge in [0.05, 0.1) is 17.0 Å². The monoisotopic (exact) mass is 537 g/mol. The molecule has 0 aromatic heterocycles. The van der Waals surface area contributed by atoms with Gasteiger partial charge in [-0.25, -0.2) is 12.8 Å². The third-order valence-corrected chi connectivity index (χ3v) is 6.88. The zero-order chi connectivity index (χ0) is 24.9. The van der Waals surface area contributed by atoms with Gasteiger partial charge in [0.15, 0.2) is 0 Å². The van der Waals surface area contributed by atoms with Gasteiger partial charge in [-0.05, 0) is 42.3 Å². The highest BCUT2D eigenvalue weighted by Crippen LogP contribution is 2.26. The van der Waals surface area contributed by atoms with E-state index >= 15 is 0 Å². The zero-order valence-electron chi connectivity index (χ0n) is 18.1. The predicted molar refractivity (Wildman–Crippen MR) is 129 cm³/mol. The van der Waals surface area contributed by atoms with Gasteiger partial charge in [0.25, 0.3) is 0 Å². The van der Waals surface area contributed by atoms with Crippen LogP contribution in [-0.4, -0.2) is 51.0 Å². The molecule has 0 unspecified atom stereocenters. The highest BCUT2D eigenvalue weighted by Gasteiger charge is 2.31. The van der Waals surface area contributed by atoms with Crippen LogP contribution in [0.3, 0.4) is 0 Å². The summed E-state index contributed by atoms with van der Waals surface area (Å²) in [6.45, 7) is 1.01. The summed E-state index contributed by atoms with van der Waals surface area (Å²) in [6, 6.07) is 7.14. The van der Waals surface area contributed by atoms with E-state index in [0.29, 0.717) is 10.6 Å². The molecular formula is C21H23Cl3FN3O4S. The van der Waals surface area contributed by atoms with Crippen LogP contribution in [0.25, 0.3) is 0 Å². The molecule has 180 valence electrons. The summed E-state index contributed by atoms with van der Waals surface area (Å²) < 4.78 is 39.3. The first-order chi connectivity index (χ1) is 15.4. The van der Waals surface area contributed by atoms with E-state index in [2.05, 4.69) is 5.32 Å². The highest BCUT2D eigenvalue weighted by molar-refractivity contribution is 7.92. The fourth-order valence-electron chi connectivity index (χ4n) is 3.17. The Balaban J connectivity index is 2.48. The minimum absolute atomic E-state index is 0.00900. The van der Waals surface area contributed by atoms with Gasteiger partial charge >= 0.3 is 0 Å². The average molecular weight is 539 g/mol. The maximum atomic E-state index is 13.6. The fraction of sp³-hybridized carbons (Fsp3) is 0.333. The third-order valence-electron chi connectivity index (χ3n) is 4.86. The third kappa shape index (κ3) is 6.96. The maximum absolute atomic E-state index is 13.6. The van der Waals surface area contributed by atoms with Gasteiger partial charge in [-0.3, -0.25) is 13.9 Å². The topological polar surface area (TPSA) is 86.8 Å². The molecule has 0 aliphatic rings. The molecule has 7 nitrogen and oxygen atoms in total. The number of benzene rings is 2. The minimum Gasteiger partial charge on any atom is -0.357 e. The first kappa shape index (κ1) is 27.2. The van der Waals surface area contributed by atoms with Crippen molar-refractivity contribution >= 4 is 62.3 Å². The van der Waals surface area contributed by atoms with Crippen molar-refractivity contribution in [3.05, 3.63) is 62.8 Å². The van der Waals surface area contributed by atoms with E-state index in [1.807, 2.05) is 0 Å². The van der Waals surface area contributed by atoms with Crippen LogP contribution in [0.5, 0.6) is 0 Å². The number of nitrogens with one attached hydrogen (secondary N) is 1. The molecule has 0 spiro atoms. The van der Waals surface area contributed by atoms with Crippen molar-refractivity contribution in [2.75, 3.05) is 24.2 Å². The van der Waals surface area contributed by atoms with E-state index in [9.17, 15) is 22.4 Å². The summed E-state index contributed by atoms with van der Waals surface area (Å²) in [7, 11) is -2.52. The van der Waals surface area contributed by atoms with Crippen LogP contribution in [0.1, 0.15) is 18.9 Å². The number of anilines is 1. The van der Waals surface area contributed by atoms with Crippen LogP contribution < -0.4 is 9.62 Å². The van der Waals surface area contributed by atoms with Gasteiger partial charge < -0.3 is 10.2 Å². The summed E-state index contributed by atoms with van der Waals surface area (Å²) in [6.07, 6.45) is 1.17. The molecule has 1 atom stereocenters. The Morgan fingerprint density at radius 2 is 1.76 bits per heavy atom. The van der Waals surface area contributed by atoms with Crippen LogP contribution in [0.2, 0.25) is 15.1 Å². The molecule has 2 aromatic rings. The number of amides is 2. The van der Waals surface area contributed by atoms with Gasteiger partial charge in [0.2, 0.25) is 21.8 Å². The second kappa shape index (κ2) is 11.4.